The van der Waals surface area contributed by atoms with Crippen molar-refractivity contribution < 1.29 is 20.1 Å². The van der Waals surface area contributed by atoms with Gasteiger partial charge in [-0.1, -0.05) is 0 Å². The van der Waals surface area contributed by atoms with Gasteiger partial charge in [-0.3, -0.25) is 0 Å². The van der Waals surface area contributed by atoms with Gasteiger partial charge in [-0.05, 0) is 12.7 Å². The molecule has 0 radical (unpaired) electrons. The van der Waals surface area contributed by atoms with E-state index in [0.717, 1.165) is 0 Å². The van der Waals surface area contributed by atoms with E-state index in [0.29, 0.717) is 0 Å². The Morgan fingerprint density at radius 3 is 2.27 bits per heavy atom. The van der Waals surface area contributed by atoms with E-state index in [9.17, 15) is 5.11 Å². The molecule has 0 aromatic carbocycles. The average molecular weight is 160 g/mol. The fourth-order valence-corrected chi connectivity index (χ4v) is 1.18. The largest absolute Gasteiger partial charge is 0.391 e. The van der Waals surface area contributed by atoms with Crippen molar-refractivity contribution in [2.75, 3.05) is 0 Å². The van der Waals surface area contributed by atoms with Crippen molar-refractivity contribution >= 4 is 7.85 Å². The van der Waals surface area contributed by atoms with E-state index in [1.165, 1.54) is 0 Å². The SMILES string of the molecule is BC1C(C)OC(O)C(O)C1O. The maximum absolute atomic E-state index is 9.30. The van der Waals surface area contributed by atoms with Crippen LogP contribution in [0.3, 0.4) is 0 Å². The van der Waals surface area contributed by atoms with Crippen LogP contribution in [0.1, 0.15) is 6.92 Å². The van der Waals surface area contributed by atoms with E-state index in [1.54, 1.807) is 14.8 Å². The van der Waals surface area contributed by atoms with Crippen LogP contribution in [0.5, 0.6) is 0 Å². The first-order valence-corrected chi connectivity index (χ1v) is 3.73. The molecule has 0 saturated carbocycles. The second-order valence-electron chi connectivity index (χ2n) is 3.07. The molecule has 0 bridgehead atoms. The Bertz CT molecular complexity index is 129. The third kappa shape index (κ3) is 1.56. The van der Waals surface area contributed by atoms with Crippen molar-refractivity contribution in [3.05, 3.63) is 0 Å². The first-order chi connectivity index (χ1) is 5.04. The molecular weight excluding hydrogens is 147 g/mol. The minimum Gasteiger partial charge on any atom is -0.391 e. The summed E-state index contributed by atoms with van der Waals surface area (Å²) >= 11 is 0. The first-order valence-electron chi connectivity index (χ1n) is 3.73. The van der Waals surface area contributed by atoms with Crippen LogP contribution in [0, 0.1) is 0 Å². The van der Waals surface area contributed by atoms with Gasteiger partial charge in [-0.2, -0.15) is 0 Å². The van der Waals surface area contributed by atoms with E-state index in [2.05, 4.69) is 0 Å². The molecule has 1 heterocycles. The maximum Gasteiger partial charge on any atom is 0.183 e. The molecule has 1 saturated heterocycles. The molecule has 1 aliphatic heterocycles. The van der Waals surface area contributed by atoms with E-state index in [1.807, 2.05) is 0 Å². The predicted octanol–water partition coefficient (Wildman–Crippen LogP) is -2.13. The second-order valence-corrected chi connectivity index (χ2v) is 3.07. The van der Waals surface area contributed by atoms with Crippen molar-refractivity contribution in [1.29, 1.82) is 0 Å². The molecule has 1 rings (SSSR count). The summed E-state index contributed by atoms with van der Waals surface area (Å²) in [5.74, 6) is -0.145. The Kier molecular flexibility index (Phi) is 2.54. The summed E-state index contributed by atoms with van der Waals surface area (Å²) in [4.78, 5) is 0. The van der Waals surface area contributed by atoms with E-state index < -0.39 is 18.5 Å². The number of aliphatic hydroxyl groups excluding tert-OH is 3. The molecule has 0 amide bonds. The van der Waals surface area contributed by atoms with Gasteiger partial charge in [0.05, 0.1) is 12.2 Å². The Balaban J connectivity index is 2.63. The normalized spacial score (nSPS) is 52.5. The first kappa shape index (κ1) is 9.00. The van der Waals surface area contributed by atoms with Crippen LogP contribution in [-0.4, -0.2) is 47.8 Å². The minimum absolute atomic E-state index is 0.145. The summed E-state index contributed by atoms with van der Waals surface area (Å²) < 4.78 is 4.93. The van der Waals surface area contributed by atoms with Gasteiger partial charge < -0.3 is 20.1 Å². The van der Waals surface area contributed by atoms with Crippen LogP contribution in [0.2, 0.25) is 5.82 Å². The van der Waals surface area contributed by atoms with Gasteiger partial charge in [-0.25, -0.2) is 0 Å². The molecule has 5 heteroatoms. The van der Waals surface area contributed by atoms with E-state index in [4.69, 9.17) is 14.9 Å². The highest BCUT2D eigenvalue weighted by molar-refractivity contribution is 6.12. The summed E-state index contributed by atoms with van der Waals surface area (Å²) in [6.07, 6.45) is -3.55. The second kappa shape index (κ2) is 3.10. The van der Waals surface area contributed by atoms with Gasteiger partial charge in [-0.15, -0.1) is 0 Å². The van der Waals surface area contributed by atoms with Crippen molar-refractivity contribution in [2.45, 2.75) is 37.3 Å². The number of ether oxygens (including phenoxy) is 1. The quantitative estimate of drug-likeness (QED) is 0.354. The van der Waals surface area contributed by atoms with E-state index >= 15 is 0 Å². The molecule has 64 valence electrons. The topological polar surface area (TPSA) is 69.9 Å². The van der Waals surface area contributed by atoms with Gasteiger partial charge in [0.1, 0.15) is 14.0 Å². The zero-order chi connectivity index (χ0) is 8.59. The lowest BCUT2D eigenvalue weighted by molar-refractivity contribution is -0.242. The number of rotatable bonds is 0. The van der Waals surface area contributed by atoms with Crippen molar-refractivity contribution in [3.63, 3.8) is 0 Å². The monoisotopic (exact) mass is 160 g/mol. The molecule has 0 aromatic heterocycles. The van der Waals surface area contributed by atoms with Gasteiger partial charge in [0.2, 0.25) is 0 Å². The molecule has 4 nitrogen and oxygen atoms in total. The molecule has 1 fully saturated rings. The molecule has 5 unspecified atom stereocenters. The molecular formula is C6H13BO4. The van der Waals surface area contributed by atoms with Gasteiger partial charge in [0.15, 0.2) is 6.29 Å². The molecule has 11 heavy (non-hydrogen) atoms. The minimum atomic E-state index is -1.25. The van der Waals surface area contributed by atoms with Crippen molar-refractivity contribution in [2.24, 2.45) is 0 Å². The fourth-order valence-electron chi connectivity index (χ4n) is 1.18. The van der Waals surface area contributed by atoms with Crippen LogP contribution in [0.4, 0.5) is 0 Å². The highest BCUT2D eigenvalue weighted by atomic mass is 16.6. The highest BCUT2D eigenvalue weighted by Gasteiger charge is 2.38. The van der Waals surface area contributed by atoms with Crippen LogP contribution in [0.15, 0.2) is 0 Å². The Hall–Kier alpha value is -0.0951. The molecule has 1 aliphatic rings. The summed E-state index contributed by atoms with van der Waals surface area (Å²) in [6.45, 7) is 1.75. The summed E-state index contributed by atoms with van der Waals surface area (Å²) in [6, 6.07) is 0. The fraction of sp³-hybridized carbons (Fsp3) is 1.00. The van der Waals surface area contributed by atoms with Gasteiger partial charge in [0.25, 0.3) is 0 Å². The molecule has 3 N–H and O–H groups in total. The standard InChI is InChI=1S/C6H13BO4/c1-2-3(7)4(8)5(9)6(10)11-2/h2-6,8-10H,7H2,1H3. The number of hydrogen-bond acceptors (Lipinski definition) is 4. The molecule has 0 aromatic rings. The molecule has 5 atom stereocenters. The summed E-state index contributed by atoms with van der Waals surface area (Å²) in [5, 5.41) is 27.4. The lowest BCUT2D eigenvalue weighted by Gasteiger charge is -2.37. The predicted molar refractivity (Wildman–Crippen MR) is 40.9 cm³/mol. The van der Waals surface area contributed by atoms with E-state index in [-0.39, 0.29) is 11.9 Å². The highest BCUT2D eigenvalue weighted by Crippen LogP contribution is 2.26. The smallest absolute Gasteiger partial charge is 0.183 e. The Labute approximate surface area is 66.2 Å². The zero-order valence-corrected chi connectivity index (χ0v) is 6.64. The molecule has 0 spiro atoms. The third-order valence-electron chi connectivity index (χ3n) is 2.28. The van der Waals surface area contributed by atoms with Crippen LogP contribution >= 0.6 is 0 Å². The van der Waals surface area contributed by atoms with Crippen LogP contribution < -0.4 is 0 Å². The van der Waals surface area contributed by atoms with Gasteiger partial charge >= 0.3 is 0 Å². The molecule has 0 aliphatic carbocycles. The summed E-state index contributed by atoms with van der Waals surface area (Å²) in [5.41, 5.74) is 0. The zero-order valence-electron chi connectivity index (χ0n) is 6.64. The number of hydrogen-bond donors (Lipinski definition) is 3. The van der Waals surface area contributed by atoms with Crippen molar-refractivity contribution in [1.82, 2.24) is 0 Å². The van der Waals surface area contributed by atoms with Crippen molar-refractivity contribution in [3.8, 4) is 0 Å². The Morgan fingerprint density at radius 2 is 1.73 bits per heavy atom. The Morgan fingerprint density at radius 1 is 1.18 bits per heavy atom. The maximum atomic E-state index is 9.30. The lowest BCUT2D eigenvalue weighted by Crippen LogP contribution is -2.51. The van der Waals surface area contributed by atoms with Gasteiger partial charge in [0, 0.05) is 0 Å². The third-order valence-corrected chi connectivity index (χ3v) is 2.28. The lowest BCUT2D eigenvalue weighted by atomic mass is 9.75. The number of aliphatic hydroxyl groups is 3. The average Bonchev–Trinajstić information content (AvgIpc) is 1.97. The van der Waals surface area contributed by atoms with Crippen LogP contribution in [0.25, 0.3) is 0 Å². The summed E-state index contributed by atoms with van der Waals surface area (Å²) in [7, 11) is 1.77. The van der Waals surface area contributed by atoms with Crippen LogP contribution in [-0.2, 0) is 4.74 Å².